The summed E-state index contributed by atoms with van der Waals surface area (Å²) in [6, 6.07) is 15.1. The maximum absolute atomic E-state index is 11.7. The third-order valence-electron chi connectivity index (χ3n) is 3.68. The molecule has 0 aliphatic carbocycles. The highest BCUT2D eigenvalue weighted by Gasteiger charge is 2.04. The number of nitrogens with zero attached hydrogens (tertiary/aromatic N) is 2. The minimum absolute atomic E-state index is 0.186. The number of rotatable bonds is 8. The van der Waals surface area contributed by atoms with Gasteiger partial charge in [0.2, 0.25) is 0 Å². The number of hydrogen-bond donors (Lipinski definition) is 0. The topological polar surface area (TPSA) is 51.0 Å². The Morgan fingerprint density at radius 3 is 2.00 bits per heavy atom. The van der Waals surface area contributed by atoms with Crippen molar-refractivity contribution >= 4 is 17.3 Å². The molecule has 0 aliphatic heterocycles. The Labute approximate surface area is 143 Å². The van der Waals surface area contributed by atoms with Crippen molar-refractivity contribution in [1.29, 1.82) is 0 Å². The second-order valence-electron chi connectivity index (χ2n) is 5.65. The maximum Gasteiger partial charge on any atom is 0.311 e. The molecule has 4 nitrogen and oxygen atoms in total. The minimum atomic E-state index is -0.186. The Morgan fingerprint density at radius 2 is 1.46 bits per heavy atom. The van der Waals surface area contributed by atoms with E-state index in [4.69, 9.17) is 4.74 Å². The summed E-state index contributed by atoms with van der Waals surface area (Å²) >= 11 is 0. The van der Waals surface area contributed by atoms with Crippen LogP contribution in [0.1, 0.15) is 45.1 Å². The van der Waals surface area contributed by atoms with E-state index in [1.54, 1.807) is 24.3 Å². The van der Waals surface area contributed by atoms with E-state index in [0.717, 1.165) is 37.1 Å². The molecule has 0 saturated heterocycles. The molecule has 0 aliphatic rings. The number of hydrogen-bond acceptors (Lipinski definition) is 4. The van der Waals surface area contributed by atoms with Crippen LogP contribution in [0.4, 0.5) is 11.4 Å². The van der Waals surface area contributed by atoms with Crippen molar-refractivity contribution in [1.82, 2.24) is 0 Å². The minimum Gasteiger partial charge on any atom is -0.427 e. The SMILES string of the molecule is CCCCCC(=O)Oc1ccc(N=Nc2ccc(CC)cc2)cc1. The van der Waals surface area contributed by atoms with E-state index < -0.39 is 0 Å². The number of unbranched alkanes of at least 4 members (excludes halogenated alkanes) is 2. The molecule has 0 aromatic heterocycles. The lowest BCUT2D eigenvalue weighted by Crippen LogP contribution is -2.07. The predicted molar refractivity (Wildman–Crippen MR) is 96.2 cm³/mol. The summed E-state index contributed by atoms with van der Waals surface area (Å²) in [5.74, 6) is 0.358. The van der Waals surface area contributed by atoms with Gasteiger partial charge >= 0.3 is 5.97 Å². The molecule has 126 valence electrons. The van der Waals surface area contributed by atoms with Crippen LogP contribution in [0.2, 0.25) is 0 Å². The summed E-state index contributed by atoms with van der Waals surface area (Å²) in [6.07, 6.45) is 4.49. The van der Waals surface area contributed by atoms with Crippen LogP contribution in [0.25, 0.3) is 0 Å². The molecule has 0 amide bonds. The van der Waals surface area contributed by atoms with Crippen molar-refractivity contribution in [3.8, 4) is 5.75 Å². The maximum atomic E-state index is 11.7. The zero-order chi connectivity index (χ0) is 17.2. The smallest absolute Gasteiger partial charge is 0.311 e. The van der Waals surface area contributed by atoms with Crippen LogP contribution in [0, 0.1) is 0 Å². The van der Waals surface area contributed by atoms with Gasteiger partial charge in [-0.25, -0.2) is 0 Å². The van der Waals surface area contributed by atoms with Crippen molar-refractivity contribution < 1.29 is 9.53 Å². The van der Waals surface area contributed by atoms with E-state index in [0.29, 0.717) is 12.2 Å². The van der Waals surface area contributed by atoms with Crippen LogP contribution in [0.15, 0.2) is 58.8 Å². The number of benzene rings is 2. The first-order valence-corrected chi connectivity index (χ1v) is 8.52. The molecule has 0 unspecified atom stereocenters. The van der Waals surface area contributed by atoms with Crippen molar-refractivity contribution in [2.24, 2.45) is 10.2 Å². The number of azo groups is 1. The molecule has 0 saturated carbocycles. The summed E-state index contributed by atoms with van der Waals surface area (Å²) in [6.45, 7) is 4.23. The lowest BCUT2D eigenvalue weighted by molar-refractivity contribution is -0.134. The lowest BCUT2D eigenvalue weighted by Gasteiger charge is -2.04. The van der Waals surface area contributed by atoms with Gasteiger partial charge < -0.3 is 4.74 Å². The van der Waals surface area contributed by atoms with Crippen molar-refractivity contribution in [2.45, 2.75) is 46.0 Å². The van der Waals surface area contributed by atoms with E-state index in [-0.39, 0.29) is 5.97 Å². The molecule has 0 atom stereocenters. The van der Waals surface area contributed by atoms with Gasteiger partial charge in [0, 0.05) is 6.42 Å². The van der Waals surface area contributed by atoms with E-state index in [1.807, 2.05) is 12.1 Å². The van der Waals surface area contributed by atoms with E-state index >= 15 is 0 Å². The van der Waals surface area contributed by atoms with Gasteiger partial charge in [-0.15, -0.1) is 0 Å². The van der Waals surface area contributed by atoms with Gasteiger partial charge in [0.05, 0.1) is 11.4 Å². The highest BCUT2D eigenvalue weighted by molar-refractivity contribution is 5.72. The summed E-state index contributed by atoms with van der Waals surface area (Å²) in [4.78, 5) is 11.7. The highest BCUT2D eigenvalue weighted by atomic mass is 16.5. The molecule has 24 heavy (non-hydrogen) atoms. The van der Waals surface area contributed by atoms with Gasteiger partial charge in [0.25, 0.3) is 0 Å². The van der Waals surface area contributed by atoms with Gasteiger partial charge in [-0.3, -0.25) is 4.79 Å². The number of carbonyl (C=O) groups is 1. The van der Waals surface area contributed by atoms with E-state index in [9.17, 15) is 4.79 Å². The third kappa shape index (κ3) is 5.95. The molecule has 2 rings (SSSR count). The Morgan fingerprint density at radius 1 is 0.875 bits per heavy atom. The van der Waals surface area contributed by atoms with Gasteiger partial charge in [-0.1, -0.05) is 38.8 Å². The normalized spacial score (nSPS) is 10.9. The second-order valence-corrected chi connectivity index (χ2v) is 5.65. The van der Waals surface area contributed by atoms with E-state index in [1.165, 1.54) is 5.56 Å². The summed E-state index contributed by atoms with van der Waals surface area (Å²) in [5, 5.41) is 8.41. The number of esters is 1. The van der Waals surface area contributed by atoms with Gasteiger partial charge in [0.1, 0.15) is 5.75 Å². The van der Waals surface area contributed by atoms with Gasteiger partial charge in [-0.05, 0) is 54.8 Å². The molecule has 0 radical (unpaired) electrons. The first-order valence-electron chi connectivity index (χ1n) is 8.52. The largest absolute Gasteiger partial charge is 0.427 e. The standard InChI is InChI=1S/C20H24N2O2/c1-3-5-6-7-20(23)24-19-14-12-18(13-15-19)22-21-17-10-8-16(4-2)9-11-17/h8-15H,3-7H2,1-2H3. The predicted octanol–water partition coefficient (Wildman–Crippen LogP) is 6.15. The number of ether oxygens (including phenoxy) is 1. The average molecular weight is 324 g/mol. The summed E-state index contributed by atoms with van der Waals surface area (Å²) in [5.41, 5.74) is 2.82. The molecule has 0 bridgehead atoms. The fourth-order valence-electron chi connectivity index (χ4n) is 2.20. The van der Waals surface area contributed by atoms with Crippen LogP contribution in [-0.2, 0) is 11.2 Å². The first-order chi connectivity index (χ1) is 11.7. The zero-order valence-electron chi connectivity index (χ0n) is 14.4. The zero-order valence-corrected chi connectivity index (χ0v) is 14.4. The van der Waals surface area contributed by atoms with Crippen LogP contribution < -0.4 is 4.74 Å². The molecule has 4 heteroatoms. The fraction of sp³-hybridized carbons (Fsp3) is 0.350. The van der Waals surface area contributed by atoms with Crippen molar-refractivity contribution in [2.75, 3.05) is 0 Å². The molecular weight excluding hydrogens is 300 g/mol. The average Bonchev–Trinajstić information content (AvgIpc) is 2.62. The monoisotopic (exact) mass is 324 g/mol. The second kappa shape index (κ2) is 9.60. The molecule has 2 aromatic rings. The summed E-state index contributed by atoms with van der Waals surface area (Å²) < 4.78 is 5.29. The number of aryl methyl sites for hydroxylation is 1. The van der Waals surface area contributed by atoms with Crippen molar-refractivity contribution in [3.05, 3.63) is 54.1 Å². The third-order valence-corrected chi connectivity index (χ3v) is 3.68. The lowest BCUT2D eigenvalue weighted by atomic mass is 10.2. The van der Waals surface area contributed by atoms with Crippen molar-refractivity contribution in [3.63, 3.8) is 0 Å². The van der Waals surface area contributed by atoms with Crippen LogP contribution in [0.3, 0.4) is 0 Å². The Kier molecular flexibility index (Phi) is 7.15. The summed E-state index contributed by atoms with van der Waals surface area (Å²) in [7, 11) is 0. The Balaban J connectivity index is 1.89. The fourth-order valence-corrected chi connectivity index (χ4v) is 2.20. The Bertz CT molecular complexity index is 661. The van der Waals surface area contributed by atoms with Crippen LogP contribution in [-0.4, -0.2) is 5.97 Å². The van der Waals surface area contributed by atoms with E-state index in [2.05, 4.69) is 36.2 Å². The molecule has 2 aromatic carbocycles. The molecule has 0 fully saturated rings. The van der Waals surface area contributed by atoms with Crippen LogP contribution in [0.5, 0.6) is 5.75 Å². The molecule has 0 N–H and O–H groups in total. The molecule has 0 heterocycles. The molecule has 0 spiro atoms. The van der Waals surface area contributed by atoms with Gasteiger partial charge in [-0.2, -0.15) is 10.2 Å². The number of carbonyl (C=O) groups excluding carboxylic acids is 1. The van der Waals surface area contributed by atoms with Gasteiger partial charge in [0.15, 0.2) is 0 Å². The Hall–Kier alpha value is -2.49. The quantitative estimate of drug-likeness (QED) is 0.253. The highest BCUT2D eigenvalue weighted by Crippen LogP contribution is 2.22. The first kappa shape index (κ1) is 17.9. The molecular formula is C20H24N2O2. The van der Waals surface area contributed by atoms with Crippen LogP contribution >= 0.6 is 0 Å².